The Kier molecular flexibility index (Phi) is 5.10. The highest BCUT2D eigenvalue weighted by Crippen LogP contribution is 2.34. The predicted octanol–water partition coefficient (Wildman–Crippen LogP) is 3.44. The van der Waals surface area contributed by atoms with E-state index in [0.29, 0.717) is 13.0 Å². The summed E-state index contributed by atoms with van der Waals surface area (Å²) in [6.45, 7) is 0.363. The minimum Gasteiger partial charge on any atom is -0.485 e. The van der Waals surface area contributed by atoms with E-state index in [9.17, 15) is 13.6 Å². The molecule has 4 aromatic rings. The van der Waals surface area contributed by atoms with Gasteiger partial charge in [-0.2, -0.15) is 0 Å². The molecule has 8 nitrogen and oxygen atoms in total. The number of halogens is 2. The molecule has 0 aliphatic carbocycles. The molecular formula is C22H17F2N5O3. The fraction of sp³-hybridized carbons (Fsp3) is 0.182. The molecule has 1 amide bonds. The Hall–Kier alpha value is -4.08. The molecule has 0 saturated carbocycles. The number of benzene rings is 1. The van der Waals surface area contributed by atoms with Crippen LogP contribution in [0.25, 0.3) is 0 Å². The van der Waals surface area contributed by atoms with E-state index < -0.39 is 17.7 Å². The number of aromatic amines is 1. The van der Waals surface area contributed by atoms with E-state index in [1.54, 1.807) is 23.6 Å². The zero-order chi connectivity index (χ0) is 22.1. The fourth-order valence-electron chi connectivity index (χ4n) is 3.72. The first-order chi connectivity index (χ1) is 15.6. The SMILES string of the molecule is O=C(c1cc(COc2ccc(F)c(F)c2)on1)N1CCc2[nH]cnc2C1c1cccnc1. The third-order valence-corrected chi connectivity index (χ3v) is 5.24. The summed E-state index contributed by atoms with van der Waals surface area (Å²) in [4.78, 5) is 26.7. The van der Waals surface area contributed by atoms with Gasteiger partial charge in [-0.1, -0.05) is 11.2 Å². The summed E-state index contributed by atoms with van der Waals surface area (Å²) >= 11 is 0. The lowest BCUT2D eigenvalue weighted by Crippen LogP contribution is -2.41. The van der Waals surface area contributed by atoms with Crippen LogP contribution in [-0.4, -0.2) is 37.5 Å². The molecule has 162 valence electrons. The van der Waals surface area contributed by atoms with Gasteiger partial charge in [-0.15, -0.1) is 0 Å². The lowest BCUT2D eigenvalue weighted by molar-refractivity contribution is 0.0679. The Morgan fingerprint density at radius 1 is 1.25 bits per heavy atom. The smallest absolute Gasteiger partial charge is 0.276 e. The van der Waals surface area contributed by atoms with Crippen LogP contribution < -0.4 is 4.74 Å². The first-order valence-electron chi connectivity index (χ1n) is 9.86. The molecule has 0 fully saturated rings. The molecule has 3 aromatic heterocycles. The summed E-state index contributed by atoms with van der Waals surface area (Å²) in [5, 5.41) is 3.88. The molecule has 1 aromatic carbocycles. The topological polar surface area (TPSA) is 97.1 Å². The highest BCUT2D eigenvalue weighted by Gasteiger charge is 2.35. The minimum absolute atomic E-state index is 0.0963. The summed E-state index contributed by atoms with van der Waals surface area (Å²) < 4.78 is 37.0. The standard InChI is InChI=1S/C22H17F2N5O3/c23-16-4-3-14(8-17(16)24)31-11-15-9-19(28-32-15)22(30)29-7-5-18-20(27-12-26-18)21(29)13-2-1-6-25-10-13/h1-4,6,8-10,12,21H,5,7,11H2,(H,26,27). The van der Waals surface area contributed by atoms with Gasteiger partial charge in [-0.3, -0.25) is 9.78 Å². The van der Waals surface area contributed by atoms with E-state index >= 15 is 0 Å². The number of carbonyl (C=O) groups is 1. The Bertz CT molecular complexity index is 1260. The number of carbonyl (C=O) groups excluding carboxylic acids is 1. The molecule has 32 heavy (non-hydrogen) atoms. The molecule has 0 saturated heterocycles. The van der Waals surface area contributed by atoms with Gasteiger partial charge in [0.1, 0.15) is 18.4 Å². The number of fused-ring (bicyclic) bond motifs is 1. The number of imidazole rings is 1. The van der Waals surface area contributed by atoms with Gasteiger partial charge in [-0.05, 0) is 23.8 Å². The van der Waals surface area contributed by atoms with Crippen molar-refractivity contribution in [2.75, 3.05) is 6.54 Å². The number of amides is 1. The maximum Gasteiger partial charge on any atom is 0.276 e. The second-order valence-corrected chi connectivity index (χ2v) is 7.25. The largest absolute Gasteiger partial charge is 0.485 e. The molecule has 10 heteroatoms. The number of hydrogen-bond donors (Lipinski definition) is 1. The zero-order valence-corrected chi connectivity index (χ0v) is 16.7. The van der Waals surface area contributed by atoms with E-state index in [1.807, 2.05) is 12.1 Å². The molecule has 1 aliphatic rings. The molecule has 0 spiro atoms. The molecule has 5 rings (SSSR count). The monoisotopic (exact) mass is 437 g/mol. The lowest BCUT2D eigenvalue weighted by atomic mass is 9.96. The van der Waals surface area contributed by atoms with Crippen LogP contribution in [0.3, 0.4) is 0 Å². The average molecular weight is 437 g/mol. The molecule has 1 N–H and O–H groups in total. The van der Waals surface area contributed by atoms with Crippen molar-refractivity contribution in [3.8, 4) is 5.75 Å². The normalized spacial score (nSPS) is 15.4. The summed E-state index contributed by atoms with van der Waals surface area (Å²) in [7, 11) is 0. The van der Waals surface area contributed by atoms with Crippen molar-refractivity contribution >= 4 is 5.91 Å². The van der Waals surface area contributed by atoms with Crippen molar-refractivity contribution in [1.29, 1.82) is 0 Å². The van der Waals surface area contributed by atoms with E-state index in [1.165, 1.54) is 12.1 Å². The van der Waals surface area contributed by atoms with Gasteiger partial charge in [0.05, 0.1) is 12.0 Å². The van der Waals surface area contributed by atoms with E-state index in [4.69, 9.17) is 9.26 Å². The van der Waals surface area contributed by atoms with Crippen molar-refractivity contribution in [3.63, 3.8) is 0 Å². The van der Waals surface area contributed by atoms with Crippen LogP contribution in [0.4, 0.5) is 8.78 Å². The van der Waals surface area contributed by atoms with Gasteiger partial charge >= 0.3 is 0 Å². The first-order valence-corrected chi connectivity index (χ1v) is 9.86. The number of ether oxygens (including phenoxy) is 1. The maximum absolute atomic E-state index is 13.3. The van der Waals surface area contributed by atoms with Gasteiger partial charge in [0.15, 0.2) is 23.1 Å². The summed E-state index contributed by atoms with van der Waals surface area (Å²) in [6.07, 6.45) is 5.62. The van der Waals surface area contributed by atoms with Gasteiger partial charge in [0.2, 0.25) is 0 Å². The summed E-state index contributed by atoms with van der Waals surface area (Å²) in [5.41, 5.74) is 2.69. The Morgan fingerprint density at radius 2 is 2.16 bits per heavy atom. The number of rotatable bonds is 5. The maximum atomic E-state index is 13.3. The third-order valence-electron chi connectivity index (χ3n) is 5.24. The van der Waals surface area contributed by atoms with Crippen LogP contribution in [0.5, 0.6) is 5.75 Å². The van der Waals surface area contributed by atoms with Crippen molar-refractivity contribution < 1.29 is 22.8 Å². The second-order valence-electron chi connectivity index (χ2n) is 7.25. The van der Waals surface area contributed by atoms with Crippen molar-refractivity contribution in [2.24, 2.45) is 0 Å². The van der Waals surface area contributed by atoms with Crippen LogP contribution in [0.1, 0.15) is 39.2 Å². The van der Waals surface area contributed by atoms with Crippen LogP contribution in [-0.2, 0) is 13.0 Å². The van der Waals surface area contributed by atoms with Crippen molar-refractivity contribution in [2.45, 2.75) is 19.1 Å². The first kappa shape index (κ1) is 19.9. The van der Waals surface area contributed by atoms with E-state index in [-0.39, 0.29) is 29.7 Å². The van der Waals surface area contributed by atoms with Gasteiger partial charge in [0, 0.05) is 43.2 Å². The van der Waals surface area contributed by atoms with E-state index in [2.05, 4.69) is 20.1 Å². The van der Waals surface area contributed by atoms with Crippen LogP contribution in [0, 0.1) is 11.6 Å². The lowest BCUT2D eigenvalue weighted by Gasteiger charge is -2.34. The van der Waals surface area contributed by atoms with Crippen LogP contribution in [0.15, 0.2) is 59.6 Å². The van der Waals surface area contributed by atoms with Crippen molar-refractivity contribution in [3.05, 3.63) is 95.2 Å². The van der Waals surface area contributed by atoms with Gasteiger partial charge < -0.3 is 19.1 Å². The Labute approximate surface area is 180 Å². The number of pyridine rings is 1. The van der Waals surface area contributed by atoms with Gasteiger partial charge in [-0.25, -0.2) is 13.8 Å². The quantitative estimate of drug-likeness (QED) is 0.514. The molecule has 1 atom stereocenters. The molecule has 0 radical (unpaired) electrons. The minimum atomic E-state index is -1.01. The molecule has 4 heterocycles. The number of nitrogens with zero attached hydrogens (tertiary/aromatic N) is 4. The highest BCUT2D eigenvalue weighted by atomic mass is 19.2. The summed E-state index contributed by atoms with van der Waals surface area (Å²) in [5.74, 6) is -1.90. The van der Waals surface area contributed by atoms with Gasteiger partial charge in [0.25, 0.3) is 5.91 Å². The fourth-order valence-corrected chi connectivity index (χ4v) is 3.72. The molecule has 0 bridgehead atoms. The number of H-pyrrole nitrogens is 1. The molecular weight excluding hydrogens is 420 g/mol. The van der Waals surface area contributed by atoms with E-state index in [0.717, 1.165) is 29.1 Å². The highest BCUT2D eigenvalue weighted by molar-refractivity contribution is 5.93. The van der Waals surface area contributed by atoms with Crippen LogP contribution in [0.2, 0.25) is 0 Å². The Balaban J connectivity index is 1.35. The Morgan fingerprint density at radius 3 is 2.97 bits per heavy atom. The number of aromatic nitrogens is 4. The molecule has 1 unspecified atom stereocenters. The second kappa shape index (κ2) is 8.22. The zero-order valence-electron chi connectivity index (χ0n) is 16.7. The summed E-state index contributed by atoms with van der Waals surface area (Å²) in [6, 6.07) is 7.97. The average Bonchev–Trinajstić information content (AvgIpc) is 3.49. The van der Waals surface area contributed by atoms with Crippen LogP contribution >= 0.6 is 0 Å². The number of hydrogen-bond acceptors (Lipinski definition) is 6. The third kappa shape index (κ3) is 3.70. The predicted molar refractivity (Wildman–Crippen MR) is 107 cm³/mol. The number of nitrogens with one attached hydrogen (secondary N) is 1. The molecule has 1 aliphatic heterocycles. The van der Waals surface area contributed by atoms with Crippen molar-refractivity contribution in [1.82, 2.24) is 25.0 Å².